The summed E-state index contributed by atoms with van der Waals surface area (Å²) in [6.07, 6.45) is -4.28. The average molecular weight is 301 g/mol. The smallest absolute Gasteiger partial charge is 0.326 e. The van der Waals surface area contributed by atoms with Crippen LogP contribution in [-0.2, 0) is 12.7 Å². The van der Waals surface area contributed by atoms with Crippen molar-refractivity contribution in [2.24, 2.45) is 5.73 Å². The number of halogens is 4. The first-order valence-electron chi connectivity index (χ1n) is 3.51. The van der Waals surface area contributed by atoms with Crippen LogP contribution in [0.3, 0.4) is 0 Å². The van der Waals surface area contributed by atoms with E-state index in [4.69, 9.17) is 5.73 Å². The first kappa shape index (κ1) is 10.8. The quantitative estimate of drug-likeness (QED) is 0.793. The molecule has 0 bridgehead atoms. The van der Waals surface area contributed by atoms with Gasteiger partial charge >= 0.3 is 6.18 Å². The maximum atomic E-state index is 12.2. The molecule has 1 aromatic carbocycles. The maximum Gasteiger partial charge on any atom is 0.416 e. The first-order valence-corrected chi connectivity index (χ1v) is 4.58. The van der Waals surface area contributed by atoms with Gasteiger partial charge < -0.3 is 5.73 Å². The van der Waals surface area contributed by atoms with Gasteiger partial charge in [-0.2, -0.15) is 13.2 Å². The molecule has 1 nitrogen and oxygen atoms in total. The molecule has 13 heavy (non-hydrogen) atoms. The number of hydrogen-bond donors (Lipinski definition) is 1. The van der Waals surface area contributed by atoms with E-state index in [2.05, 4.69) is 0 Å². The lowest BCUT2D eigenvalue weighted by atomic mass is 10.1. The Balaban J connectivity index is 3.14. The highest BCUT2D eigenvalue weighted by atomic mass is 127. The van der Waals surface area contributed by atoms with E-state index in [1.54, 1.807) is 0 Å². The molecule has 0 radical (unpaired) electrons. The molecule has 0 aliphatic carbocycles. The fraction of sp³-hybridized carbons (Fsp3) is 0.250. The lowest BCUT2D eigenvalue weighted by Crippen LogP contribution is -2.07. The lowest BCUT2D eigenvalue weighted by Gasteiger charge is -2.08. The summed E-state index contributed by atoms with van der Waals surface area (Å²) < 4.78 is 37.3. The van der Waals surface area contributed by atoms with Gasteiger partial charge in [0.2, 0.25) is 0 Å². The third-order valence-corrected chi connectivity index (χ3v) is 2.65. The van der Waals surface area contributed by atoms with Crippen molar-refractivity contribution in [2.75, 3.05) is 0 Å². The number of rotatable bonds is 1. The van der Waals surface area contributed by atoms with Gasteiger partial charge in [0.25, 0.3) is 0 Å². The minimum absolute atomic E-state index is 0.127. The van der Waals surface area contributed by atoms with Gasteiger partial charge in [0, 0.05) is 10.1 Å². The highest BCUT2D eigenvalue weighted by molar-refractivity contribution is 14.1. The summed E-state index contributed by atoms with van der Waals surface area (Å²) in [5.41, 5.74) is 5.17. The Morgan fingerprint density at radius 3 is 2.38 bits per heavy atom. The van der Waals surface area contributed by atoms with Gasteiger partial charge in [0.1, 0.15) is 0 Å². The Hall–Kier alpha value is -0.300. The van der Waals surface area contributed by atoms with Crippen LogP contribution in [0.2, 0.25) is 0 Å². The lowest BCUT2D eigenvalue weighted by molar-refractivity contribution is -0.137. The SMILES string of the molecule is NCc1cc(C(F)(F)F)ccc1I. The number of alkyl halides is 3. The van der Waals surface area contributed by atoms with E-state index in [0.29, 0.717) is 5.56 Å². The van der Waals surface area contributed by atoms with Crippen molar-refractivity contribution in [3.63, 3.8) is 0 Å². The van der Waals surface area contributed by atoms with Crippen molar-refractivity contribution in [1.29, 1.82) is 0 Å². The number of nitrogens with two attached hydrogens (primary N) is 1. The topological polar surface area (TPSA) is 26.0 Å². The monoisotopic (exact) mass is 301 g/mol. The molecule has 0 atom stereocenters. The molecule has 2 N–H and O–H groups in total. The molecule has 1 aromatic rings. The Morgan fingerprint density at radius 2 is 1.92 bits per heavy atom. The van der Waals surface area contributed by atoms with Gasteiger partial charge in [-0.15, -0.1) is 0 Å². The Morgan fingerprint density at radius 1 is 1.31 bits per heavy atom. The molecule has 0 fully saturated rings. The molecule has 0 saturated carbocycles. The van der Waals surface area contributed by atoms with Crippen LogP contribution in [0.1, 0.15) is 11.1 Å². The highest BCUT2D eigenvalue weighted by Crippen LogP contribution is 2.30. The standard InChI is InChI=1S/C8H7F3IN/c9-8(10,11)6-1-2-7(12)5(3-6)4-13/h1-3H,4,13H2. The normalized spacial score (nSPS) is 11.8. The molecule has 0 spiro atoms. The summed E-state index contributed by atoms with van der Waals surface area (Å²) in [6.45, 7) is 0.127. The summed E-state index contributed by atoms with van der Waals surface area (Å²) >= 11 is 1.96. The minimum atomic E-state index is -4.28. The molecule has 0 aliphatic rings. The van der Waals surface area contributed by atoms with Crippen LogP contribution in [0.15, 0.2) is 18.2 Å². The predicted molar refractivity (Wildman–Crippen MR) is 52.1 cm³/mol. The van der Waals surface area contributed by atoms with Gasteiger partial charge in [0.05, 0.1) is 5.56 Å². The van der Waals surface area contributed by atoms with E-state index in [1.807, 2.05) is 22.6 Å². The third-order valence-electron chi connectivity index (χ3n) is 1.59. The van der Waals surface area contributed by atoms with Crippen LogP contribution in [0.4, 0.5) is 13.2 Å². The summed E-state index contributed by atoms with van der Waals surface area (Å²) in [6, 6.07) is 3.56. The zero-order valence-electron chi connectivity index (χ0n) is 6.53. The second-order valence-corrected chi connectivity index (χ2v) is 3.67. The second kappa shape index (κ2) is 3.83. The Labute approximate surface area is 87.3 Å². The molecule has 0 aliphatic heterocycles. The van der Waals surface area contributed by atoms with Crippen molar-refractivity contribution in [2.45, 2.75) is 12.7 Å². The van der Waals surface area contributed by atoms with Crippen molar-refractivity contribution in [3.05, 3.63) is 32.9 Å². The van der Waals surface area contributed by atoms with Gasteiger partial charge in [-0.1, -0.05) is 0 Å². The fourth-order valence-electron chi connectivity index (χ4n) is 0.907. The average Bonchev–Trinajstić information content (AvgIpc) is 2.03. The molecular formula is C8H7F3IN. The maximum absolute atomic E-state index is 12.2. The van der Waals surface area contributed by atoms with Crippen LogP contribution >= 0.6 is 22.6 Å². The van der Waals surface area contributed by atoms with Gasteiger partial charge in [-0.05, 0) is 46.4 Å². The zero-order valence-corrected chi connectivity index (χ0v) is 8.69. The van der Waals surface area contributed by atoms with E-state index in [-0.39, 0.29) is 6.54 Å². The summed E-state index contributed by atoms with van der Waals surface area (Å²) in [5, 5.41) is 0. The van der Waals surface area contributed by atoms with E-state index in [1.165, 1.54) is 6.07 Å². The largest absolute Gasteiger partial charge is 0.416 e. The van der Waals surface area contributed by atoms with Crippen molar-refractivity contribution >= 4 is 22.6 Å². The highest BCUT2D eigenvalue weighted by Gasteiger charge is 2.30. The van der Waals surface area contributed by atoms with Crippen molar-refractivity contribution < 1.29 is 13.2 Å². The van der Waals surface area contributed by atoms with Crippen LogP contribution in [-0.4, -0.2) is 0 Å². The van der Waals surface area contributed by atoms with E-state index in [0.717, 1.165) is 15.7 Å². The van der Waals surface area contributed by atoms with Crippen LogP contribution in [0, 0.1) is 3.57 Å². The molecule has 0 amide bonds. The third kappa shape index (κ3) is 2.57. The fourth-order valence-corrected chi connectivity index (χ4v) is 1.46. The van der Waals surface area contributed by atoms with E-state index >= 15 is 0 Å². The minimum Gasteiger partial charge on any atom is -0.326 e. The number of benzene rings is 1. The van der Waals surface area contributed by atoms with Gasteiger partial charge in [-0.3, -0.25) is 0 Å². The van der Waals surface area contributed by atoms with Crippen LogP contribution < -0.4 is 5.73 Å². The molecule has 0 saturated heterocycles. The van der Waals surface area contributed by atoms with Gasteiger partial charge in [0.15, 0.2) is 0 Å². The molecule has 72 valence electrons. The predicted octanol–water partition coefficient (Wildman–Crippen LogP) is 2.77. The first-order chi connectivity index (χ1) is 5.95. The Kier molecular flexibility index (Phi) is 3.18. The van der Waals surface area contributed by atoms with Crippen LogP contribution in [0.25, 0.3) is 0 Å². The Bertz CT molecular complexity index is 309. The van der Waals surface area contributed by atoms with Crippen molar-refractivity contribution in [1.82, 2.24) is 0 Å². The molecule has 0 unspecified atom stereocenters. The second-order valence-electron chi connectivity index (χ2n) is 2.51. The molecular weight excluding hydrogens is 294 g/mol. The van der Waals surface area contributed by atoms with E-state index in [9.17, 15) is 13.2 Å². The summed E-state index contributed by atoms with van der Waals surface area (Å²) in [7, 11) is 0. The van der Waals surface area contributed by atoms with Crippen LogP contribution in [0.5, 0.6) is 0 Å². The van der Waals surface area contributed by atoms with Gasteiger partial charge in [-0.25, -0.2) is 0 Å². The zero-order chi connectivity index (χ0) is 10.1. The molecule has 0 aromatic heterocycles. The summed E-state index contributed by atoms with van der Waals surface area (Å²) in [5.74, 6) is 0. The summed E-state index contributed by atoms with van der Waals surface area (Å²) in [4.78, 5) is 0. The molecule has 0 heterocycles. The van der Waals surface area contributed by atoms with E-state index < -0.39 is 11.7 Å². The molecule has 1 rings (SSSR count). The molecule has 5 heteroatoms. The van der Waals surface area contributed by atoms with Crippen molar-refractivity contribution in [3.8, 4) is 0 Å². The number of hydrogen-bond acceptors (Lipinski definition) is 1.